The summed E-state index contributed by atoms with van der Waals surface area (Å²) in [6.07, 6.45) is 4.61. The number of amidine groups is 2. The van der Waals surface area contributed by atoms with E-state index in [-0.39, 0.29) is 11.4 Å². The fourth-order valence-electron chi connectivity index (χ4n) is 3.92. The minimum atomic E-state index is -0.394. The molecule has 0 atom stereocenters. The molecule has 0 aliphatic carbocycles. The van der Waals surface area contributed by atoms with Gasteiger partial charge < -0.3 is 4.57 Å². The molecule has 1 amide bonds. The third-order valence-corrected chi connectivity index (χ3v) is 6.32. The normalized spacial score (nSPS) is 17.3. The van der Waals surface area contributed by atoms with Crippen LogP contribution in [0.25, 0.3) is 17.0 Å². The summed E-state index contributed by atoms with van der Waals surface area (Å²) in [7, 11) is 0. The van der Waals surface area contributed by atoms with Gasteiger partial charge in [0.2, 0.25) is 5.17 Å². The first-order valence-corrected chi connectivity index (χ1v) is 11.4. The monoisotopic (exact) mass is 441 g/mol. The first-order chi connectivity index (χ1) is 15.5. The van der Waals surface area contributed by atoms with Crippen LogP contribution in [0.5, 0.6) is 0 Å². The Morgan fingerprint density at radius 3 is 2.62 bits per heavy atom. The fourth-order valence-corrected chi connectivity index (χ4v) is 5.02. The molecule has 1 aromatic heterocycles. The van der Waals surface area contributed by atoms with Crippen molar-refractivity contribution in [1.82, 2.24) is 9.58 Å². The maximum Gasteiger partial charge on any atom is 0.283 e. The van der Waals surface area contributed by atoms with Gasteiger partial charge in [-0.25, -0.2) is 0 Å². The molecule has 3 aromatic rings. The van der Waals surface area contributed by atoms with Crippen LogP contribution in [0.3, 0.4) is 0 Å². The zero-order valence-electron chi connectivity index (χ0n) is 17.9. The Kier molecular flexibility index (Phi) is 5.27. The fraction of sp³-hybridized carbons (Fsp3) is 0.200. The molecule has 160 valence electrons. The van der Waals surface area contributed by atoms with E-state index in [1.807, 2.05) is 42.6 Å². The second kappa shape index (κ2) is 8.24. The average Bonchev–Trinajstić information content (AvgIpc) is 3.33. The van der Waals surface area contributed by atoms with Gasteiger partial charge in [-0.15, -0.1) is 0 Å². The first kappa shape index (κ1) is 20.5. The van der Waals surface area contributed by atoms with Crippen molar-refractivity contribution in [2.45, 2.75) is 26.8 Å². The zero-order valence-corrected chi connectivity index (χ0v) is 18.8. The van der Waals surface area contributed by atoms with Crippen molar-refractivity contribution < 1.29 is 4.79 Å². The molecule has 0 bridgehead atoms. The van der Waals surface area contributed by atoms with Crippen LogP contribution in [-0.2, 0) is 11.3 Å². The van der Waals surface area contributed by atoms with Gasteiger partial charge in [0.25, 0.3) is 5.91 Å². The minimum Gasteiger partial charge on any atom is -0.342 e. The smallest absolute Gasteiger partial charge is 0.283 e. The number of hydrazone groups is 1. The molecule has 2 aliphatic heterocycles. The summed E-state index contributed by atoms with van der Waals surface area (Å²) < 4.78 is 2.17. The Bertz CT molecular complexity index is 1320. The van der Waals surface area contributed by atoms with E-state index in [1.165, 1.54) is 22.3 Å². The molecule has 32 heavy (non-hydrogen) atoms. The second-order valence-corrected chi connectivity index (χ2v) is 9.37. The van der Waals surface area contributed by atoms with Gasteiger partial charge in [0.05, 0.1) is 5.57 Å². The number of aliphatic imine (C=N–C) groups is 1. The van der Waals surface area contributed by atoms with Crippen LogP contribution in [0.4, 0.5) is 0 Å². The number of hydrogen-bond acceptors (Lipinski definition) is 4. The number of fused-ring (bicyclic) bond motifs is 2. The third kappa shape index (κ3) is 3.80. The molecule has 1 N–H and O–H groups in total. The van der Waals surface area contributed by atoms with E-state index in [2.05, 4.69) is 46.7 Å². The van der Waals surface area contributed by atoms with E-state index in [9.17, 15) is 4.79 Å². The summed E-state index contributed by atoms with van der Waals surface area (Å²) in [5, 5.41) is 17.1. The van der Waals surface area contributed by atoms with Crippen LogP contribution in [0.2, 0.25) is 0 Å². The number of para-hydroxylation sites is 1. The Morgan fingerprint density at radius 1 is 1.09 bits per heavy atom. The molecule has 0 saturated heterocycles. The summed E-state index contributed by atoms with van der Waals surface area (Å²) in [5.41, 5.74) is 3.42. The Hall–Kier alpha value is -3.45. The molecule has 5 rings (SSSR count). The van der Waals surface area contributed by atoms with Crippen LogP contribution in [0.15, 0.2) is 76.5 Å². The molecular formula is C25H23N5OS. The number of nitrogens with zero attached hydrogens (tertiary/aromatic N) is 4. The number of carbonyl (C=O) groups is 1. The van der Waals surface area contributed by atoms with Crippen LogP contribution < -0.4 is 0 Å². The van der Waals surface area contributed by atoms with E-state index >= 15 is 0 Å². The highest BCUT2D eigenvalue weighted by Gasteiger charge is 2.35. The average molecular weight is 442 g/mol. The topological polar surface area (TPSA) is 73.8 Å². The van der Waals surface area contributed by atoms with Crippen molar-refractivity contribution in [3.63, 3.8) is 0 Å². The van der Waals surface area contributed by atoms with Crippen molar-refractivity contribution in [2.75, 3.05) is 0 Å². The lowest BCUT2D eigenvalue weighted by molar-refractivity contribution is -0.114. The number of hydrogen-bond donors (Lipinski definition) is 1. The largest absolute Gasteiger partial charge is 0.342 e. The molecule has 0 fully saturated rings. The molecule has 6 nitrogen and oxygen atoms in total. The van der Waals surface area contributed by atoms with Crippen molar-refractivity contribution in [2.24, 2.45) is 16.0 Å². The van der Waals surface area contributed by atoms with Gasteiger partial charge >= 0.3 is 0 Å². The van der Waals surface area contributed by atoms with Crippen LogP contribution in [-0.4, -0.2) is 31.5 Å². The second-order valence-electron chi connectivity index (χ2n) is 8.33. The van der Waals surface area contributed by atoms with Gasteiger partial charge in [-0.1, -0.05) is 62.4 Å². The van der Waals surface area contributed by atoms with Crippen molar-refractivity contribution in [3.8, 4) is 0 Å². The van der Waals surface area contributed by atoms with Crippen LogP contribution in [0.1, 0.15) is 31.4 Å². The maximum absolute atomic E-state index is 12.8. The first-order valence-electron chi connectivity index (χ1n) is 10.6. The molecule has 0 spiro atoms. The van der Waals surface area contributed by atoms with Gasteiger partial charge in [-0.05, 0) is 35.4 Å². The van der Waals surface area contributed by atoms with E-state index in [0.717, 1.165) is 34.5 Å². The highest BCUT2D eigenvalue weighted by molar-refractivity contribution is 8.26. The number of rotatable bonds is 5. The highest BCUT2D eigenvalue weighted by Crippen LogP contribution is 2.32. The quantitative estimate of drug-likeness (QED) is 0.542. The highest BCUT2D eigenvalue weighted by atomic mass is 32.2. The maximum atomic E-state index is 12.8. The summed E-state index contributed by atoms with van der Waals surface area (Å²) in [6, 6.07) is 18.4. The number of aromatic nitrogens is 1. The predicted molar refractivity (Wildman–Crippen MR) is 132 cm³/mol. The van der Waals surface area contributed by atoms with Gasteiger partial charge in [-0.2, -0.15) is 15.1 Å². The standard InChI is InChI=1S/C25H23N5OS/c1-16(2)12-22-28-30-23(26)20(24(31)27-25(30)32-22)13-18-15-29(14-17-8-4-3-5-9-17)21-11-7-6-10-19(18)21/h3-11,13,15-16,26H,12,14H2,1-2H3/b20-13-,26-23?. The summed E-state index contributed by atoms with van der Waals surface area (Å²) in [4.78, 5) is 17.0. The molecule has 2 aromatic carbocycles. The lowest BCUT2D eigenvalue weighted by Crippen LogP contribution is -2.35. The molecule has 0 saturated carbocycles. The van der Waals surface area contributed by atoms with E-state index < -0.39 is 5.91 Å². The number of benzene rings is 2. The van der Waals surface area contributed by atoms with Crippen LogP contribution in [0, 0.1) is 11.3 Å². The predicted octanol–water partition coefficient (Wildman–Crippen LogP) is 5.35. The molecule has 3 heterocycles. The number of thioether (sulfide) groups is 1. The number of nitrogens with one attached hydrogen (secondary N) is 1. The van der Waals surface area contributed by atoms with E-state index in [4.69, 9.17) is 5.41 Å². The van der Waals surface area contributed by atoms with Gasteiger partial charge in [-0.3, -0.25) is 10.2 Å². The minimum absolute atomic E-state index is 0.0751. The van der Waals surface area contributed by atoms with E-state index in [1.54, 1.807) is 6.08 Å². The van der Waals surface area contributed by atoms with Crippen molar-refractivity contribution in [3.05, 3.63) is 77.5 Å². The number of carbonyl (C=O) groups excluding carboxylic acids is 1. The molecule has 2 aliphatic rings. The molecule has 0 unspecified atom stereocenters. The summed E-state index contributed by atoms with van der Waals surface area (Å²) >= 11 is 1.38. The Balaban J connectivity index is 1.53. The van der Waals surface area contributed by atoms with E-state index in [0.29, 0.717) is 11.1 Å². The molecule has 7 heteroatoms. The molecule has 0 radical (unpaired) electrons. The van der Waals surface area contributed by atoms with Gasteiger partial charge in [0.1, 0.15) is 5.04 Å². The SMILES string of the molecule is CC(C)CC1=NN2C(=N)/C(=C/c3cn(Cc4ccccc4)c4ccccc34)C(=O)N=C2S1. The van der Waals surface area contributed by atoms with Crippen molar-refractivity contribution in [1.29, 1.82) is 5.41 Å². The Morgan fingerprint density at radius 2 is 1.84 bits per heavy atom. The lowest BCUT2D eigenvalue weighted by Gasteiger charge is -2.20. The van der Waals surface area contributed by atoms with Crippen molar-refractivity contribution >= 4 is 50.7 Å². The third-order valence-electron chi connectivity index (χ3n) is 5.39. The number of amides is 1. The Labute approximate surface area is 190 Å². The van der Waals surface area contributed by atoms with Gasteiger partial charge in [0, 0.05) is 35.6 Å². The summed E-state index contributed by atoms with van der Waals surface area (Å²) in [6.45, 7) is 4.97. The van der Waals surface area contributed by atoms with Gasteiger partial charge in [0.15, 0.2) is 5.84 Å². The molecular weight excluding hydrogens is 418 g/mol. The van der Waals surface area contributed by atoms with Crippen LogP contribution >= 0.6 is 11.8 Å². The zero-order chi connectivity index (χ0) is 22.2. The lowest BCUT2D eigenvalue weighted by atomic mass is 10.1. The summed E-state index contributed by atoms with van der Waals surface area (Å²) in [5.74, 6) is 0.125.